The quantitative estimate of drug-likeness (QED) is 0.533. The molecule has 0 heterocycles. The summed E-state index contributed by atoms with van der Waals surface area (Å²) >= 11 is 0. The molecule has 1 unspecified atom stereocenters. The van der Waals surface area contributed by atoms with Gasteiger partial charge in [0.05, 0.1) is 12.3 Å². The van der Waals surface area contributed by atoms with Crippen molar-refractivity contribution in [2.75, 3.05) is 6.26 Å². The molecule has 0 aromatic rings. The fourth-order valence-electron chi connectivity index (χ4n) is 0.365. The second-order valence-electron chi connectivity index (χ2n) is 1.81. The normalized spacial score (nSPS) is 14.9. The Morgan fingerprint density at radius 3 is 2.11 bits per heavy atom. The van der Waals surface area contributed by atoms with Gasteiger partial charge in [0.1, 0.15) is 6.29 Å². The number of aldehydes is 1. The Hall–Kier alpha value is -0.420. The van der Waals surface area contributed by atoms with Gasteiger partial charge >= 0.3 is 0 Å². The monoisotopic (exact) mass is 151 g/mol. The van der Waals surface area contributed by atoms with Crippen LogP contribution in [0.25, 0.3) is 0 Å². The van der Waals surface area contributed by atoms with E-state index < -0.39 is 16.1 Å². The topological polar surface area (TPSA) is 63.2 Å². The van der Waals surface area contributed by atoms with Gasteiger partial charge in [0.2, 0.25) is 10.0 Å². The number of sulfonamides is 1. The van der Waals surface area contributed by atoms with Crippen molar-refractivity contribution >= 4 is 16.3 Å². The zero-order valence-electron chi connectivity index (χ0n) is 5.29. The Kier molecular flexibility index (Phi) is 2.80. The van der Waals surface area contributed by atoms with Gasteiger partial charge < -0.3 is 4.79 Å². The molecule has 0 bridgehead atoms. The molecule has 0 saturated heterocycles. The lowest BCUT2D eigenvalue weighted by molar-refractivity contribution is -0.108. The Labute approximate surface area is 54.3 Å². The standard InChI is InChI=1S/C4H9NO3S/c1-4(3-6)5-9(2,7)8/h3-5H,1-2H3. The average Bonchev–Trinajstić information content (AvgIpc) is 1.62. The zero-order valence-corrected chi connectivity index (χ0v) is 6.10. The minimum atomic E-state index is -3.22. The third-order valence-corrected chi connectivity index (χ3v) is 1.40. The fourth-order valence-corrected chi connectivity index (χ4v) is 1.10. The van der Waals surface area contributed by atoms with Crippen LogP contribution in [0.1, 0.15) is 6.92 Å². The maximum atomic E-state index is 10.3. The third-order valence-electron chi connectivity index (χ3n) is 0.604. The number of hydrogen-bond acceptors (Lipinski definition) is 3. The van der Waals surface area contributed by atoms with Gasteiger partial charge in [0, 0.05) is 0 Å². The first-order valence-electron chi connectivity index (χ1n) is 2.38. The van der Waals surface area contributed by atoms with Crippen molar-refractivity contribution in [2.24, 2.45) is 0 Å². The molecule has 0 aromatic heterocycles. The molecule has 0 saturated carbocycles. The van der Waals surface area contributed by atoms with Crippen molar-refractivity contribution in [1.82, 2.24) is 4.72 Å². The van der Waals surface area contributed by atoms with E-state index in [4.69, 9.17) is 0 Å². The molecule has 0 radical (unpaired) electrons. The molecule has 0 amide bonds. The molecular formula is C4H9NO3S. The van der Waals surface area contributed by atoms with Crippen LogP contribution in [0.2, 0.25) is 0 Å². The Morgan fingerprint density at radius 1 is 1.56 bits per heavy atom. The molecule has 0 spiro atoms. The summed E-state index contributed by atoms with van der Waals surface area (Å²) in [5.41, 5.74) is 0. The van der Waals surface area contributed by atoms with Gasteiger partial charge in [0.25, 0.3) is 0 Å². The molecule has 5 heteroatoms. The van der Waals surface area contributed by atoms with Gasteiger partial charge in [-0.1, -0.05) is 0 Å². The highest BCUT2D eigenvalue weighted by Gasteiger charge is 2.05. The predicted octanol–water partition coefficient (Wildman–Crippen LogP) is -0.877. The number of rotatable bonds is 3. The van der Waals surface area contributed by atoms with Crippen molar-refractivity contribution in [1.29, 1.82) is 0 Å². The molecule has 54 valence electrons. The van der Waals surface area contributed by atoms with Gasteiger partial charge in [-0.25, -0.2) is 13.1 Å². The summed E-state index contributed by atoms with van der Waals surface area (Å²) in [5, 5.41) is 0. The van der Waals surface area contributed by atoms with E-state index in [1.807, 2.05) is 0 Å². The first kappa shape index (κ1) is 8.58. The van der Waals surface area contributed by atoms with Gasteiger partial charge in [-0.2, -0.15) is 0 Å². The summed E-state index contributed by atoms with van der Waals surface area (Å²) in [6, 6.07) is -0.625. The highest BCUT2D eigenvalue weighted by Crippen LogP contribution is 1.78. The molecule has 4 nitrogen and oxygen atoms in total. The SMILES string of the molecule is CC(C=O)NS(C)(=O)=O. The average molecular weight is 151 g/mol. The molecule has 0 aliphatic carbocycles. The molecular weight excluding hydrogens is 142 g/mol. The lowest BCUT2D eigenvalue weighted by atomic mass is 10.4. The molecule has 0 aliphatic rings. The molecule has 0 fully saturated rings. The van der Waals surface area contributed by atoms with Crippen molar-refractivity contribution in [2.45, 2.75) is 13.0 Å². The van der Waals surface area contributed by atoms with Crippen LogP contribution >= 0.6 is 0 Å². The van der Waals surface area contributed by atoms with Crippen molar-refractivity contribution < 1.29 is 13.2 Å². The van der Waals surface area contributed by atoms with E-state index in [0.29, 0.717) is 6.29 Å². The zero-order chi connectivity index (χ0) is 7.49. The van der Waals surface area contributed by atoms with Gasteiger partial charge in [-0.05, 0) is 6.92 Å². The minimum absolute atomic E-state index is 0.529. The molecule has 0 rings (SSSR count). The summed E-state index contributed by atoms with van der Waals surface area (Å²) in [5.74, 6) is 0. The maximum absolute atomic E-state index is 10.3. The first-order chi connectivity index (χ1) is 3.95. The highest BCUT2D eigenvalue weighted by atomic mass is 32.2. The van der Waals surface area contributed by atoms with Crippen LogP contribution in [-0.2, 0) is 14.8 Å². The van der Waals surface area contributed by atoms with E-state index in [-0.39, 0.29) is 0 Å². The lowest BCUT2D eigenvalue weighted by Crippen LogP contribution is -2.32. The smallest absolute Gasteiger partial charge is 0.209 e. The minimum Gasteiger partial charge on any atom is -0.302 e. The molecule has 1 atom stereocenters. The maximum Gasteiger partial charge on any atom is 0.209 e. The summed E-state index contributed by atoms with van der Waals surface area (Å²) in [7, 11) is -3.22. The van der Waals surface area contributed by atoms with Gasteiger partial charge in [-0.15, -0.1) is 0 Å². The Bertz CT molecular complexity index is 184. The van der Waals surface area contributed by atoms with Crippen LogP contribution < -0.4 is 4.72 Å². The molecule has 9 heavy (non-hydrogen) atoms. The Morgan fingerprint density at radius 2 is 2.00 bits per heavy atom. The number of hydrogen-bond donors (Lipinski definition) is 1. The van der Waals surface area contributed by atoms with Crippen LogP contribution in [-0.4, -0.2) is 27.0 Å². The fraction of sp³-hybridized carbons (Fsp3) is 0.750. The van der Waals surface area contributed by atoms with Crippen molar-refractivity contribution in [3.8, 4) is 0 Å². The second-order valence-corrected chi connectivity index (χ2v) is 3.59. The van der Waals surface area contributed by atoms with Crippen LogP contribution in [0.15, 0.2) is 0 Å². The van der Waals surface area contributed by atoms with Crippen LogP contribution in [0.5, 0.6) is 0 Å². The van der Waals surface area contributed by atoms with Crippen molar-refractivity contribution in [3.05, 3.63) is 0 Å². The summed E-state index contributed by atoms with van der Waals surface area (Å²) in [6.45, 7) is 1.47. The third kappa shape index (κ3) is 5.45. The second kappa shape index (κ2) is 2.93. The summed E-state index contributed by atoms with van der Waals surface area (Å²) in [6.07, 6.45) is 1.54. The predicted molar refractivity (Wildman–Crippen MR) is 33.5 cm³/mol. The van der Waals surface area contributed by atoms with E-state index in [2.05, 4.69) is 4.72 Å². The van der Waals surface area contributed by atoms with E-state index in [1.54, 1.807) is 0 Å². The van der Waals surface area contributed by atoms with E-state index in [9.17, 15) is 13.2 Å². The summed E-state index contributed by atoms with van der Waals surface area (Å²) < 4.78 is 22.7. The molecule has 0 aromatic carbocycles. The number of carbonyl (C=O) groups is 1. The number of nitrogens with one attached hydrogen (secondary N) is 1. The Balaban J connectivity index is 3.89. The number of carbonyl (C=O) groups excluding carboxylic acids is 1. The lowest BCUT2D eigenvalue weighted by Gasteiger charge is -2.01. The highest BCUT2D eigenvalue weighted by molar-refractivity contribution is 7.88. The van der Waals surface area contributed by atoms with E-state index >= 15 is 0 Å². The van der Waals surface area contributed by atoms with Crippen LogP contribution in [0, 0.1) is 0 Å². The van der Waals surface area contributed by atoms with Crippen molar-refractivity contribution in [3.63, 3.8) is 0 Å². The van der Waals surface area contributed by atoms with Crippen LogP contribution in [0.4, 0.5) is 0 Å². The van der Waals surface area contributed by atoms with Gasteiger partial charge in [-0.3, -0.25) is 0 Å². The van der Waals surface area contributed by atoms with E-state index in [0.717, 1.165) is 6.26 Å². The van der Waals surface area contributed by atoms with E-state index in [1.165, 1.54) is 6.92 Å². The first-order valence-corrected chi connectivity index (χ1v) is 4.27. The van der Waals surface area contributed by atoms with Crippen LogP contribution in [0.3, 0.4) is 0 Å². The molecule has 0 aliphatic heterocycles. The van der Waals surface area contributed by atoms with Gasteiger partial charge in [0.15, 0.2) is 0 Å². The molecule has 1 N–H and O–H groups in total. The summed E-state index contributed by atoms with van der Waals surface area (Å²) in [4.78, 5) is 9.86. The largest absolute Gasteiger partial charge is 0.302 e.